The molecule has 0 spiro atoms. The Morgan fingerprint density at radius 3 is 1.90 bits per heavy atom. The highest BCUT2D eigenvalue weighted by molar-refractivity contribution is 8.05. The molecule has 0 saturated carbocycles. The van der Waals surface area contributed by atoms with E-state index in [1.54, 1.807) is 22.7 Å². The number of aliphatic hydroxyl groups is 1. The van der Waals surface area contributed by atoms with E-state index in [0.29, 0.717) is 6.61 Å². The number of aliphatic hydroxyl groups excluding tert-OH is 1. The smallest absolute Gasteiger partial charge is 0.145 e. The van der Waals surface area contributed by atoms with Gasteiger partial charge >= 0.3 is 0 Å². The van der Waals surface area contributed by atoms with E-state index >= 15 is 0 Å². The fourth-order valence-electron chi connectivity index (χ4n) is 1.86. The number of unbranched alkanes of at least 4 members (excludes halogenated alkanes) is 6. The summed E-state index contributed by atoms with van der Waals surface area (Å²) in [4.78, 5) is 0. The van der Waals surface area contributed by atoms with Gasteiger partial charge in [-0.25, -0.2) is 0 Å². The van der Waals surface area contributed by atoms with Crippen LogP contribution in [0.1, 0.15) is 58.3 Å². The summed E-state index contributed by atoms with van der Waals surface area (Å²) in [6.45, 7) is 2.59. The van der Waals surface area contributed by atoms with Gasteiger partial charge in [-0.3, -0.25) is 0 Å². The second-order valence-electron chi connectivity index (χ2n) is 4.92. The van der Waals surface area contributed by atoms with E-state index in [9.17, 15) is 0 Å². The molecule has 0 aliphatic rings. The molecule has 1 rings (SSSR count). The summed E-state index contributed by atoms with van der Waals surface area (Å²) in [7, 11) is 0. The minimum Gasteiger partial charge on any atom is -0.396 e. The summed E-state index contributed by atoms with van der Waals surface area (Å²) >= 11 is 12.9. The van der Waals surface area contributed by atoms with Crippen molar-refractivity contribution >= 4 is 58.4 Å². The Morgan fingerprint density at radius 1 is 0.857 bits per heavy atom. The van der Waals surface area contributed by atoms with Gasteiger partial charge in [0.15, 0.2) is 0 Å². The summed E-state index contributed by atoms with van der Waals surface area (Å²) in [6.07, 6.45) is 9.89. The van der Waals surface area contributed by atoms with Crippen molar-refractivity contribution in [2.45, 2.75) is 66.7 Å². The van der Waals surface area contributed by atoms with E-state index < -0.39 is 0 Å². The molecule has 0 fully saturated rings. The lowest BCUT2D eigenvalue weighted by Gasteiger charge is -2.03. The molecule has 122 valence electrons. The average molecular weight is 383 g/mol. The summed E-state index contributed by atoms with van der Waals surface area (Å²) in [6, 6.07) is 0. The van der Waals surface area contributed by atoms with Gasteiger partial charge in [0.05, 0.1) is 8.42 Å². The van der Waals surface area contributed by atoms with Crippen LogP contribution in [-0.4, -0.2) is 23.2 Å². The molecule has 1 nitrogen and oxygen atoms in total. The largest absolute Gasteiger partial charge is 0.396 e. The summed E-state index contributed by atoms with van der Waals surface area (Å²) in [5, 5.41) is 8.76. The Kier molecular flexibility index (Phi) is 12.7. The first kappa shape index (κ1) is 20.0. The molecule has 1 heterocycles. The van der Waals surface area contributed by atoms with Gasteiger partial charge < -0.3 is 5.11 Å². The summed E-state index contributed by atoms with van der Waals surface area (Å²) in [5.41, 5.74) is 0. The molecule has 0 unspecified atom stereocenters. The molecule has 0 radical (unpaired) electrons. The van der Waals surface area contributed by atoms with E-state index in [2.05, 4.69) is 6.92 Å². The fraction of sp³-hybridized carbons (Fsp3) is 0.800. The van der Waals surface area contributed by atoms with Crippen LogP contribution in [0.2, 0.25) is 0 Å². The van der Waals surface area contributed by atoms with Crippen molar-refractivity contribution in [3.05, 3.63) is 3.14 Å². The number of thioether (sulfide) groups is 2. The first-order valence-corrected chi connectivity index (χ1v) is 11.8. The van der Waals surface area contributed by atoms with Gasteiger partial charge in [-0.2, -0.15) is 0 Å². The van der Waals surface area contributed by atoms with E-state index in [4.69, 9.17) is 17.3 Å². The molecule has 1 aromatic rings. The lowest BCUT2D eigenvalue weighted by molar-refractivity contribution is 0.283. The van der Waals surface area contributed by atoms with E-state index in [1.807, 2.05) is 23.5 Å². The zero-order valence-electron chi connectivity index (χ0n) is 12.8. The lowest BCUT2D eigenvalue weighted by atomic mass is 10.2. The van der Waals surface area contributed by atoms with Crippen LogP contribution in [0.5, 0.6) is 0 Å². The molecule has 0 amide bonds. The van der Waals surface area contributed by atoms with E-state index in [1.165, 1.54) is 58.4 Å². The molecular weight excluding hydrogens is 356 g/mol. The van der Waals surface area contributed by atoms with Crippen LogP contribution in [-0.2, 0) is 0 Å². The van der Waals surface area contributed by atoms with Gasteiger partial charge in [0.25, 0.3) is 0 Å². The van der Waals surface area contributed by atoms with Crippen LogP contribution in [0.15, 0.2) is 8.42 Å². The van der Waals surface area contributed by atoms with Crippen LogP contribution in [0.3, 0.4) is 0 Å². The Bertz CT molecular complexity index is 412. The number of hydrogen-bond acceptors (Lipinski definition) is 6. The van der Waals surface area contributed by atoms with Gasteiger partial charge in [0.1, 0.15) is 3.14 Å². The molecule has 0 aromatic carbocycles. The standard InChI is InChI=1S/C15H26OS5/c1-2-3-4-8-11-18-13-14(21-15(17)20-13)19-12-9-6-5-7-10-16/h16H,2-12H2,1H3. The predicted molar refractivity (Wildman–Crippen MR) is 104 cm³/mol. The van der Waals surface area contributed by atoms with Crippen molar-refractivity contribution in [1.82, 2.24) is 0 Å². The first-order chi connectivity index (χ1) is 10.3. The van der Waals surface area contributed by atoms with E-state index in [0.717, 1.165) is 16.0 Å². The quantitative estimate of drug-likeness (QED) is 0.228. The van der Waals surface area contributed by atoms with Crippen molar-refractivity contribution < 1.29 is 5.11 Å². The third-order valence-electron chi connectivity index (χ3n) is 3.04. The van der Waals surface area contributed by atoms with Crippen LogP contribution in [0, 0.1) is 3.14 Å². The zero-order chi connectivity index (χ0) is 15.3. The Labute approximate surface area is 151 Å². The average Bonchev–Trinajstić information content (AvgIpc) is 2.82. The summed E-state index contributed by atoms with van der Waals surface area (Å²) < 4.78 is 3.95. The van der Waals surface area contributed by atoms with Gasteiger partial charge in [-0.15, -0.1) is 46.2 Å². The normalized spacial score (nSPS) is 11.1. The van der Waals surface area contributed by atoms with Crippen LogP contribution in [0.4, 0.5) is 0 Å². The minimum atomic E-state index is 0.331. The molecule has 0 aliphatic heterocycles. The maximum atomic E-state index is 8.76. The third kappa shape index (κ3) is 9.61. The molecule has 0 aliphatic carbocycles. The lowest BCUT2D eigenvalue weighted by Crippen LogP contribution is -1.85. The van der Waals surface area contributed by atoms with Crippen molar-refractivity contribution in [2.24, 2.45) is 0 Å². The fourth-order valence-corrected chi connectivity index (χ4v) is 8.11. The van der Waals surface area contributed by atoms with Crippen molar-refractivity contribution in [3.8, 4) is 0 Å². The van der Waals surface area contributed by atoms with Gasteiger partial charge in [-0.1, -0.05) is 51.2 Å². The van der Waals surface area contributed by atoms with Crippen molar-refractivity contribution in [2.75, 3.05) is 18.1 Å². The van der Waals surface area contributed by atoms with Crippen molar-refractivity contribution in [1.29, 1.82) is 0 Å². The van der Waals surface area contributed by atoms with Gasteiger partial charge in [-0.05, 0) is 30.8 Å². The maximum Gasteiger partial charge on any atom is 0.145 e. The summed E-state index contributed by atoms with van der Waals surface area (Å²) in [5.74, 6) is 2.41. The van der Waals surface area contributed by atoms with E-state index in [-0.39, 0.29) is 0 Å². The number of rotatable bonds is 13. The number of hydrogen-bond donors (Lipinski definition) is 1. The predicted octanol–water partition coefficient (Wildman–Crippen LogP) is 6.86. The highest BCUT2D eigenvalue weighted by Gasteiger charge is 2.08. The molecular formula is C15H26OS5. The highest BCUT2D eigenvalue weighted by Crippen LogP contribution is 2.41. The van der Waals surface area contributed by atoms with Gasteiger partial charge in [0, 0.05) is 6.61 Å². The molecule has 6 heteroatoms. The molecule has 0 bridgehead atoms. The second-order valence-corrected chi connectivity index (χ2v) is 10.9. The molecule has 1 N–H and O–H groups in total. The Morgan fingerprint density at radius 2 is 1.38 bits per heavy atom. The molecule has 0 saturated heterocycles. The second kappa shape index (κ2) is 13.4. The molecule has 0 atom stereocenters. The Hall–Kier alpha value is 0.930. The minimum absolute atomic E-state index is 0.331. The SMILES string of the molecule is CCCCCCSc1sc(=S)sc1SCCCCCCO. The highest BCUT2D eigenvalue weighted by atomic mass is 32.2. The topological polar surface area (TPSA) is 20.2 Å². The zero-order valence-corrected chi connectivity index (χ0v) is 16.8. The monoisotopic (exact) mass is 382 g/mol. The van der Waals surface area contributed by atoms with Crippen molar-refractivity contribution in [3.63, 3.8) is 0 Å². The third-order valence-corrected chi connectivity index (χ3v) is 8.79. The molecule has 21 heavy (non-hydrogen) atoms. The Balaban J connectivity index is 2.25. The van der Waals surface area contributed by atoms with Crippen LogP contribution in [0.25, 0.3) is 0 Å². The van der Waals surface area contributed by atoms with Gasteiger partial charge in [0.2, 0.25) is 0 Å². The van der Waals surface area contributed by atoms with Crippen LogP contribution < -0.4 is 0 Å². The maximum absolute atomic E-state index is 8.76. The first-order valence-electron chi connectivity index (χ1n) is 7.78. The molecule has 1 aromatic heterocycles. The van der Waals surface area contributed by atoms with Crippen LogP contribution >= 0.6 is 58.4 Å².